The average molecular weight is 380 g/mol. The molecule has 1 fully saturated rings. The molecule has 122 valence electrons. The van der Waals surface area contributed by atoms with Crippen molar-refractivity contribution in [1.29, 1.82) is 0 Å². The van der Waals surface area contributed by atoms with Crippen molar-refractivity contribution in [3.05, 3.63) is 52.1 Å². The summed E-state index contributed by atoms with van der Waals surface area (Å²) in [4.78, 5) is 24.4. The summed E-state index contributed by atoms with van der Waals surface area (Å²) in [7, 11) is 0. The Kier molecular flexibility index (Phi) is 4.75. The smallest absolute Gasteiger partial charge is 0.323 e. The highest BCUT2D eigenvalue weighted by Crippen LogP contribution is 2.34. The molecule has 1 amide bonds. The third-order valence-corrected chi connectivity index (χ3v) is 4.91. The molecule has 2 heterocycles. The van der Waals surface area contributed by atoms with Gasteiger partial charge < -0.3 is 9.52 Å². The lowest BCUT2D eigenvalue weighted by Gasteiger charge is -2.09. The molecule has 2 aromatic rings. The molecule has 0 spiro atoms. The fraction of sp³-hybridized carbons (Fsp3) is 0.0625. The van der Waals surface area contributed by atoms with Gasteiger partial charge in [0.1, 0.15) is 22.4 Å². The number of hydrogen-bond donors (Lipinski definition) is 1. The standard InChI is InChI=1S/C16H10ClNO4S2/c17-11-4-2-1-3-10(11)12-6-5-9(22-12)7-13-15(21)18(8-14(19)20)16(23)24-13/h1-7H,8H2,(H,19,20)/b13-7+. The van der Waals surface area contributed by atoms with Gasteiger partial charge in [0.25, 0.3) is 5.91 Å². The first-order valence-electron chi connectivity index (χ1n) is 6.77. The highest BCUT2D eigenvalue weighted by molar-refractivity contribution is 8.26. The Morgan fingerprint density at radius 2 is 2.08 bits per heavy atom. The van der Waals surface area contributed by atoms with Gasteiger partial charge >= 0.3 is 5.97 Å². The fourth-order valence-corrected chi connectivity index (χ4v) is 3.60. The number of nitrogens with zero attached hydrogens (tertiary/aromatic N) is 1. The van der Waals surface area contributed by atoms with Crippen molar-refractivity contribution in [1.82, 2.24) is 4.90 Å². The van der Waals surface area contributed by atoms with Crippen molar-refractivity contribution >= 4 is 57.9 Å². The van der Waals surface area contributed by atoms with Crippen molar-refractivity contribution in [2.45, 2.75) is 0 Å². The minimum absolute atomic E-state index is 0.214. The third-order valence-electron chi connectivity index (χ3n) is 3.21. The number of halogens is 1. The third kappa shape index (κ3) is 3.38. The zero-order valence-electron chi connectivity index (χ0n) is 12.1. The van der Waals surface area contributed by atoms with Gasteiger partial charge in [0.05, 0.1) is 9.93 Å². The van der Waals surface area contributed by atoms with Crippen LogP contribution in [0.3, 0.4) is 0 Å². The van der Waals surface area contributed by atoms with E-state index < -0.39 is 18.4 Å². The topological polar surface area (TPSA) is 70.8 Å². The average Bonchev–Trinajstić information content (AvgIpc) is 3.08. The molecule has 1 N–H and O–H groups in total. The number of aliphatic carboxylic acids is 1. The Balaban J connectivity index is 1.85. The van der Waals surface area contributed by atoms with Gasteiger partial charge in [-0.1, -0.05) is 47.7 Å². The van der Waals surface area contributed by atoms with Crippen molar-refractivity contribution < 1.29 is 19.1 Å². The van der Waals surface area contributed by atoms with E-state index in [0.717, 1.165) is 22.2 Å². The number of carboxylic acid groups (broad SMARTS) is 1. The molecule has 1 aliphatic rings. The molecule has 5 nitrogen and oxygen atoms in total. The van der Waals surface area contributed by atoms with E-state index in [0.29, 0.717) is 21.4 Å². The van der Waals surface area contributed by atoms with E-state index in [2.05, 4.69) is 0 Å². The van der Waals surface area contributed by atoms with Gasteiger partial charge in [-0.3, -0.25) is 14.5 Å². The fourth-order valence-electron chi connectivity index (χ4n) is 2.14. The van der Waals surface area contributed by atoms with Gasteiger partial charge in [-0.2, -0.15) is 0 Å². The predicted octanol–water partition coefficient (Wildman–Crippen LogP) is 3.89. The van der Waals surface area contributed by atoms with Crippen LogP contribution in [0.5, 0.6) is 0 Å². The molecule has 3 rings (SSSR count). The zero-order valence-corrected chi connectivity index (χ0v) is 14.5. The Bertz CT molecular complexity index is 874. The van der Waals surface area contributed by atoms with Crippen LogP contribution in [0.25, 0.3) is 17.4 Å². The number of carboxylic acids is 1. The first-order chi connectivity index (χ1) is 11.5. The van der Waals surface area contributed by atoms with Crippen LogP contribution in [-0.4, -0.2) is 32.7 Å². The molecule has 0 radical (unpaired) electrons. The van der Waals surface area contributed by atoms with Crippen LogP contribution < -0.4 is 0 Å². The van der Waals surface area contributed by atoms with Crippen LogP contribution in [0.4, 0.5) is 0 Å². The number of carbonyl (C=O) groups excluding carboxylic acids is 1. The van der Waals surface area contributed by atoms with Crippen molar-refractivity contribution in [3.63, 3.8) is 0 Å². The lowest BCUT2D eigenvalue weighted by Crippen LogP contribution is -2.33. The number of thioether (sulfide) groups is 1. The molecular weight excluding hydrogens is 370 g/mol. The van der Waals surface area contributed by atoms with E-state index >= 15 is 0 Å². The van der Waals surface area contributed by atoms with Crippen molar-refractivity contribution in [3.8, 4) is 11.3 Å². The van der Waals surface area contributed by atoms with E-state index in [9.17, 15) is 9.59 Å². The van der Waals surface area contributed by atoms with Crippen LogP contribution in [0.15, 0.2) is 45.7 Å². The number of thiocarbonyl (C=S) groups is 1. The Labute approximate surface area is 151 Å². The number of carbonyl (C=O) groups is 2. The summed E-state index contributed by atoms with van der Waals surface area (Å²) < 4.78 is 5.92. The maximum atomic E-state index is 12.2. The second-order valence-electron chi connectivity index (χ2n) is 4.84. The summed E-state index contributed by atoms with van der Waals surface area (Å²) in [5.41, 5.74) is 0.747. The summed E-state index contributed by atoms with van der Waals surface area (Å²) >= 11 is 12.2. The van der Waals surface area contributed by atoms with Crippen LogP contribution in [0.1, 0.15) is 5.76 Å². The molecule has 0 saturated carbocycles. The number of amides is 1. The largest absolute Gasteiger partial charge is 0.480 e. The molecule has 0 unspecified atom stereocenters. The van der Waals surface area contributed by atoms with Crippen LogP contribution in [-0.2, 0) is 9.59 Å². The number of benzene rings is 1. The van der Waals surface area contributed by atoms with Gasteiger partial charge in [-0.25, -0.2) is 0 Å². The van der Waals surface area contributed by atoms with Crippen LogP contribution in [0.2, 0.25) is 5.02 Å². The molecule has 0 atom stereocenters. The normalized spacial score (nSPS) is 16.2. The highest BCUT2D eigenvalue weighted by atomic mass is 35.5. The minimum Gasteiger partial charge on any atom is -0.480 e. The molecule has 1 aromatic carbocycles. The van der Waals surface area contributed by atoms with Gasteiger partial charge in [0, 0.05) is 11.6 Å². The zero-order chi connectivity index (χ0) is 17.3. The number of hydrogen-bond acceptors (Lipinski definition) is 5. The second kappa shape index (κ2) is 6.80. The summed E-state index contributed by atoms with van der Waals surface area (Å²) in [5, 5.41) is 9.39. The van der Waals surface area contributed by atoms with Gasteiger partial charge in [-0.05, 0) is 24.3 Å². The van der Waals surface area contributed by atoms with Crippen LogP contribution in [0, 0.1) is 0 Å². The summed E-state index contributed by atoms with van der Waals surface area (Å²) in [6, 6.07) is 10.7. The first kappa shape index (κ1) is 16.8. The Morgan fingerprint density at radius 3 is 2.79 bits per heavy atom. The molecule has 24 heavy (non-hydrogen) atoms. The molecule has 1 aliphatic heterocycles. The number of furan rings is 1. The minimum atomic E-state index is -1.12. The monoisotopic (exact) mass is 379 g/mol. The first-order valence-corrected chi connectivity index (χ1v) is 8.38. The highest BCUT2D eigenvalue weighted by Gasteiger charge is 2.33. The molecule has 0 aliphatic carbocycles. The van der Waals surface area contributed by atoms with E-state index in [1.165, 1.54) is 0 Å². The second-order valence-corrected chi connectivity index (χ2v) is 6.93. The Morgan fingerprint density at radius 1 is 1.33 bits per heavy atom. The summed E-state index contributed by atoms with van der Waals surface area (Å²) in [6.07, 6.45) is 1.54. The quantitative estimate of drug-likeness (QED) is 0.642. The van der Waals surface area contributed by atoms with Gasteiger partial charge in [0.2, 0.25) is 0 Å². The maximum absolute atomic E-state index is 12.2. The molecule has 1 aromatic heterocycles. The van der Waals surface area contributed by atoms with Gasteiger partial charge in [0.15, 0.2) is 0 Å². The summed E-state index contributed by atoms with van der Waals surface area (Å²) in [6.45, 7) is -0.453. The SMILES string of the molecule is O=C(O)CN1C(=O)/C(=C\c2ccc(-c3ccccc3Cl)o2)SC1=S. The Hall–Kier alpha value is -2.09. The van der Waals surface area contributed by atoms with Crippen LogP contribution >= 0.6 is 35.6 Å². The molecular formula is C16H10ClNO4S2. The van der Waals surface area contributed by atoms with Crippen molar-refractivity contribution in [2.24, 2.45) is 0 Å². The lowest BCUT2D eigenvalue weighted by atomic mass is 10.2. The van der Waals surface area contributed by atoms with E-state index in [-0.39, 0.29) is 4.32 Å². The van der Waals surface area contributed by atoms with Crippen molar-refractivity contribution in [2.75, 3.05) is 6.54 Å². The predicted molar refractivity (Wildman–Crippen MR) is 96.7 cm³/mol. The number of rotatable bonds is 4. The van der Waals surface area contributed by atoms with E-state index in [4.69, 9.17) is 33.3 Å². The lowest BCUT2D eigenvalue weighted by molar-refractivity contribution is -0.140. The van der Waals surface area contributed by atoms with E-state index in [1.54, 1.807) is 24.3 Å². The van der Waals surface area contributed by atoms with Gasteiger partial charge in [-0.15, -0.1) is 0 Å². The molecule has 1 saturated heterocycles. The summed E-state index contributed by atoms with van der Waals surface area (Å²) in [5.74, 6) is -0.525. The van der Waals surface area contributed by atoms with E-state index in [1.807, 2.05) is 18.2 Å². The molecule has 0 bridgehead atoms. The maximum Gasteiger partial charge on any atom is 0.323 e. The molecule has 8 heteroatoms.